The summed E-state index contributed by atoms with van der Waals surface area (Å²) in [5.74, 6) is -2.27. The number of carbonyl (C=O) groups is 2. The zero-order chi connectivity index (χ0) is 26.5. The number of aliphatic hydroxyl groups excluding tert-OH is 1. The number of phenols is 2. The summed E-state index contributed by atoms with van der Waals surface area (Å²) >= 11 is 0. The molecule has 0 amide bonds. The Kier molecular flexibility index (Phi) is 7.64. The van der Waals surface area contributed by atoms with E-state index in [0.717, 1.165) is 29.4 Å². The van der Waals surface area contributed by atoms with E-state index in [2.05, 4.69) is 26.5 Å². The third-order valence-corrected chi connectivity index (χ3v) is 9.49. The number of allylic oxidation sites excluding steroid dienone is 4. The lowest BCUT2D eigenvalue weighted by Gasteiger charge is -2.42. The molecule has 2 unspecified atom stereocenters. The minimum atomic E-state index is -0.999. The fourth-order valence-electron chi connectivity index (χ4n) is 7.81. The molecule has 0 fully saturated rings. The Morgan fingerprint density at radius 1 is 1.10 bits per heavy atom. The third kappa shape index (κ3) is 3.52. The van der Waals surface area contributed by atoms with E-state index in [1.54, 1.807) is 7.11 Å². The molecular formula is C30H37NO9. The van der Waals surface area contributed by atoms with E-state index in [9.17, 15) is 24.9 Å². The minimum absolute atomic E-state index is 0. The van der Waals surface area contributed by atoms with Crippen LogP contribution in [0, 0.1) is 17.8 Å². The van der Waals surface area contributed by atoms with Gasteiger partial charge in [-0.2, -0.15) is 0 Å². The Morgan fingerprint density at radius 2 is 1.77 bits per heavy atom. The number of aromatic hydroxyl groups is 2. The summed E-state index contributed by atoms with van der Waals surface area (Å²) in [4.78, 5) is 26.8. The standard InChI is InChI=1S/C30H31NO6.3H2O/c1-12-6-5-7-13(2)30(12)11-17-16-8-15-9-18(32)21(14(3)31)27(34)22(15)28(35)24(16)29(36)25-19(33)10-20(37-4)26(30)23(17)25;;;/h6,10,13,15,22,33-34,36H,3,5,7-9,11,31H2,1-2,4H3;3*1H2/t13-,15?,22?,30+;;;/m0.../s1. The molecule has 0 heterocycles. The van der Waals surface area contributed by atoms with Crippen molar-refractivity contribution in [2.75, 3.05) is 7.11 Å². The van der Waals surface area contributed by atoms with Crippen molar-refractivity contribution < 1.29 is 46.1 Å². The molecule has 4 aliphatic rings. The summed E-state index contributed by atoms with van der Waals surface area (Å²) in [5, 5.41) is 34.6. The van der Waals surface area contributed by atoms with Gasteiger partial charge < -0.3 is 42.2 Å². The number of hydrogen-bond donors (Lipinski definition) is 4. The molecule has 4 atom stereocenters. The first kappa shape index (κ1) is 30.7. The molecule has 0 saturated heterocycles. The number of carbonyl (C=O) groups excluding carboxylic acids is 2. The Balaban J connectivity index is 0.00000147. The summed E-state index contributed by atoms with van der Waals surface area (Å²) in [6, 6.07) is 1.53. The number of methoxy groups -OCH3 is 1. The van der Waals surface area contributed by atoms with Crippen molar-refractivity contribution in [1.29, 1.82) is 0 Å². The number of ether oxygens (including phenoxy) is 1. The van der Waals surface area contributed by atoms with E-state index in [0.29, 0.717) is 24.2 Å². The van der Waals surface area contributed by atoms with Gasteiger partial charge in [-0.25, -0.2) is 0 Å². The minimum Gasteiger partial charge on any atom is -0.511 e. The molecule has 1 spiro atoms. The molecule has 4 aliphatic carbocycles. The highest BCUT2D eigenvalue weighted by Crippen LogP contribution is 2.62. The topological polar surface area (TPSA) is 225 Å². The number of aliphatic hydroxyl groups is 1. The van der Waals surface area contributed by atoms with Gasteiger partial charge in [0.2, 0.25) is 0 Å². The number of benzene rings is 2. The molecule has 2 aromatic rings. The predicted octanol–water partition coefficient (Wildman–Crippen LogP) is 2.18. The molecule has 0 radical (unpaired) electrons. The van der Waals surface area contributed by atoms with Crippen LogP contribution in [0.5, 0.6) is 17.2 Å². The van der Waals surface area contributed by atoms with E-state index in [1.165, 1.54) is 11.6 Å². The average molecular weight is 556 g/mol. The predicted molar refractivity (Wildman–Crippen MR) is 150 cm³/mol. The van der Waals surface area contributed by atoms with E-state index in [1.807, 2.05) is 0 Å². The quantitative estimate of drug-likeness (QED) is 0.403. The van der Waals surface area contributed by atoms with Crippen LogP contribution in [0.1, 0.15) is 60.2 Å². The molecule has 6 rings (SSSR count). The monoisotopic (exact) mass is 555 g/mol. The van der Waals surface area contributed by atoms with Crippen LogP contribution in [0.15, 0.2) is 41.3 Å². The number of phenolic OH excluding ortho intramolecular Hbond substituents is 2. The van der Waals surface area contributed by atoms with Crippen LogP contribution in [-0.4, -0.2) is 50.4 Å². The molecule has 0 bridgehead atoms. The summed E-state index contributed by atoms with van der Waals surface area (Å²) in [5.41, 5.74) is 9.06. The molecule has 11 N–H and O–H groups in total. The summed E-state index contributed by atoms with van der Waals surface area (Å²) in [6.45, 7) is 7.94. The van der Waals surface area contributed by atoms with Crippen LogP contribution < -0.4 is 10.5 Å². The highest BCUT2D eigenvalue weighted by Gasteiger charge is 2.53. The van der Waals surface area contributed by atoms with Crippen LogP contribution in [0.4, 0.5) is 0 Å². The lowest BCUT2D eigenvalue weighted by molar-refractivity contribution is -0.117. The van der Waals surface area contributed by atoms with Crippen molar-refractivity contribution in [3.05, 3.63) is 63.6 Å². The maximum absolute atomic E-state index is 14.0. The zero-order valence-corrected chi connectivity index (χ0v) is 22.8. The number of fused-ring (bicyclic) bond motifs is 4. The fourth-order valence-corrected chi connectivity index (χ4v) is 7.81. The van der Waals surface area contributed by atoms with Gasteiger partial charge >= 0.3 is 0 Å². The largest absolute Gasteiger partial charge is 0.511 e. The third-order valence-electron chi connectivity index (χ3n) is 9.49. The lowest BCUT2D eigenvalue weighted by Crippen LogP contribution is -2.40. The summed E-state index contributed by atoms with van der Waals surface area (Å²) in [7, 11) is 1.58. The van der Waals surface area contributed by atoms with Crippen LogP contribution in [0.2, 0.25) is 0 Å². The highest BCUT2D eigenvalue weighted by molar-refractivity contribution is 6.15. The van der Waals surface area contributed by atoms with Crippen molar-refractivity contribution in [3.8, 4) is 17.2 Å². The first-order chi connectivity index (χ1) is 17.5. The van der Waals surface area contributed by atoms with Crippen molar-refractivity contribution in [3.63, 3.8) is 0 Å². The molecule has 10 nitrogen and oxygen atoms in total. The molecule has 10 heteroatoms. The maximum Gasteiger partial charge on any atom is 0.177 e. The second-order valence-electron chi connectivity index (χ2n) is 11.1. The van der Waals surface area contributed by atoms with Gasteiger partial charge in [-0.3, -0.25) is 9.59 Å². The zero-order valence-electron chi connectivity index (χ0n) is 22.8. The van der Waals surface area contributed by atoms with Crippen molar-refractivity contribution >= 4 is 22.3 Å². The molecule has 216 valence electrons. The first-order valence-corrected chi connectivity index (χ1v) is 12.8. The van der Waals surface area contributed by atoms with E-state index in [4.69, 9.17) is 10.5 Å². The van der Waals surface area contributed by atoms with Gasteiger partial charge in [-0.1, -0.05) is 25.2 Å². The molecule has 2 aromatic carbocycles. The Hall–Kier alpha value is -3.86. The van der Waals surface area contributed by atoms with Crippen molar-refractivity contribution in [2.45, 2.75) is 51.4 Å². The van der Waals surface area contributed by atoms with Crippen LogP contribution in [0.3, 0.4) is 0 Å². The van der Waals surface area contributed by atoms with Gasteiger partial charge in [0.1, 0.15) is 23.0 Å². The molecule has 40 heavy (non-hydrogen) atoms. The van der Waals surface area contributed by atoms with Crippen molar-refractivity contribution in [1.82, 2.24) is 0 Å². The molecule has 0 aromatic heterocycles. The van der Waals surface area contributed by atoms with Gasteiger partial charge in [-0.15, -0.1) is 0 Å². The number of Topliss-reactive ketones (excluding diaryl/α,β-unsaturated/α-hetero) is 2. The SMILES string of the molecule is C=C(N)C1=C(O)C2C(=O)c3c(c4c5c(c(OC)cc(O)c5c3O)[C@]3(C4)C(C)=CCC[C@@H]3C)CC2CC1=O.O.O.O. The summed E-state index contributed by atoms with van der Waals surface area (Å²) in [6.07, 6.45) is 5.21. The van der Waals surface area contributed by atoms with Gasteiger partial charge in [0, 0.05) is 34.5 Å². The Bertz CT molecular complexity index is 1540. The molecular weight excluding hydrogens is 518 g/mol. The molecule has 0 aliphatic heterocycles. The lowest BCUT2D eigenvalue weighted by atomic mass is 9.62. The Labute approximate surface area is 231 Å². The normalized spacial score (nSPS) is 26.3. The fraction of sp³-hybridized carbons (Fsp3) is 0.400. The van der Waals surface area contributed by atoms with Crippen LogP contribution in [-0.2, 0) is 23.1 Å². The number of nitrogens with two attached hydrogens (primary N) is 1. The number of rotatable bonds is 2. The number of hydrogen-bond acceptors (Lipinski definition) is 7. The smallest absolute Gasteiger partial charge is 0.177 e. The van der Waals surface area contributed by atoms with Gasteiger partial charge in [0.25, 0.3) is 0 Å². The summed E-state index contributed by atoms with van der Waals surface area (Å²) < 4.78 is 5.80. The van der Waals surface area contributed by atoms with Gasteiger partial charge in [0.05, 0.1) is 29.6 Å². The Morgan fingerprint density at radius 3 is 2.38 bits per heavy atom. The van der Waals surface area contributed by atoms with Crippen LogP contribution >= 0.6 is 0 Å². The average Bonchev–Trinajstić information content (AvgIpc) is 3.18. The van der Waals surface area contributed by atoms with Crippen LogP contribution in [0.25, 0.3) is 10.8 Å². The first-order valence-electron chi connectivity index (χ1n) is 12.8. The van der Waals surface area contributed by atoms with E-state index in [-0.39, 0.29) is 74.0 Å². The van der Waals surface area contributed by atoms with E-state index < -0.39 is 23.0 Å². The van der Waals surface area contributed by atoms with Crippen molar-refractivity contribution in [2.24, 2.45) is 23.5 Å². The van der Waals surface area contributed by atoms with Gasteiger partial charge in [-0.05, 0) is 55.6 Å². The second-order valence-corrected chi connectivity index (χ2v) is 11.1. The highest BCUT2D eigenvalue weighted by atomic mass is 16.5. The number of ketones is 2. The van der Waals surface area contributed by atoms with E-state index >= 15 is 0 Å². The van der Waals surface area contributed by atoms with Gasteiger partial charge in [0.15, 0.2) is 11.6 Å². The maximum atomic E-state index is 14.0. The second kappa shape index (κ2) is 9.96. The molecule has 0 saturated carbocycles.